The third-order valence-electron chi connectivity index (χ3n) is 4.63. The summed E-state index contributed by atoms with van der Waals surface area (Å²) in [7, 11) is 0. The number of H-pyrrole nitrogens is 1. The Morgan fingerprint density at radius 2 is 1.77 bits per heavy atom. The number of nitrogens with one attached hydrogen (secondary N) is 1. The second kappa shape index (κ2) is 10.1. The summed E-state index contributed by atoms with van der Waals surface area (Å²) in [6.07, 6.45) is -0.182. The maximum atomic E-state index is 12.8. The second-order valence-electron chi connectivity index (χ2n) is 7.04. The third kappa shape index (κ3) is 5.09. The molecule has 0 aliphatic heterocycles. The quantitative estimate of drug-likeness (QED) is 0.455. The van der Waals surface area contributed by atoms with E-state index in [0.717, 1.165) is 6.42 Å². The molecule has 1 N–H and O–H groups in total. The van der Waals surface area contributed by atoms with E-state index >= 15 is 0 Å². The fourth-order valence-corrected chi connectivity index (χ4v) is 3.24. The molecular formula is C23H29NO6. The topological polar surface area (TPSA) is 94.7 Å². The Morgan fingerprint density at radius 3 is 2.33 bits per heavy atom. The fraction of sp³-hybridized carbons (Fsp3) is 0.435. The summed E-state index contributed by atoms with van der Waals surface area (Å²) in [6.45, 7) is 11.2. The minimum absolute atomic E-state index is 0.126. The molecule has 0 bridgehead atoms. The van der Waals surface area contributed by atoms with Crippen LogP contribution in [0.3, 0.4) is 0 Å². The molecular weight excluding hydrogens is 386 g/mol. The Kier molecular flexibility index (Phi) is 7.80. The lowest BCUT2D eigenvalue weighted by Gasteiger charge is -2.15. The number of hydrogen-bond donors (Lipinski definition) is 1. The van der Waals surface area contributed by atoms with Crippen molar-refractivity contribution in [2.75, 3.05) is 13.2 Å². The summed E-state index contributed by atoms with van der Waals surface area (Å²) < 4.78 is 16.6. The van der Waals surface area contributed by atoms with E-state index in [1.165, 1.54) is 13.8 Å². The van der Waals surface area contributed by atoms with Gasteiger partial charge in [-0.1, -0.05) is 6.92 Å². The zero-order valence-corrected chi connectivity index (χ0v) is 18.4. The number of aromatic amines is 1. The molecule has 2 aromatic rings. The van der Waals surface area contributed by atoms with Gasteiger partial charge >= 0.3 is 5.97 Å². The number of ketones is 2. The van der Waals surface area contributed by atoms with E-state index in [-0.39, 0.29) is 17.0 Å². The largest absolute Gasteiger partial charge is 0.490 e. The van der Waals surface area contributed by atoms with Crippen molar-refractivity contribution in [2.45, 2.75) is 54.1 Å². The van der Waals surface area contributed by atoms with E-state index in [4.69, 9.17) is 14.2 Å². The lowest BCUT2D eigenvalue weighted by molar-refractivity contribution is 0.0316. The van der Waals surface area contributed by atoms with Gasteiger partial charge in [0.25, 0.3) is 0 Å². The maximum absolute atomic E-state index is 12.8. The van der Waals surface area contributed by atoms with Gasteiger partial charge in [0, 0.05) is 11.3 Å². The molecule has 0 aliphatic carbocycles. The van der Waals surface area contributed by atoms with E-state index in [1.807, 2.05) is 13.8 Å². The zero-order valence-electron chi connectivity index (χ0n) is 18.4. The Morgan fingerprint density at radius 1 is 1.07 bits per heavy atom. The first-order chi connectivity index (χ1) is 14.2. The predicted molar refractivity (Wildman–Crippen MR) is 113 cm³/mol. The van der Waals surface area contributed by atoms with Gasteiger partial charge in [0.1, 0.15) is 0 Å². The van der Waals surface area contributed by atoms with Crippen LogP contribution in [0.4, 0.5) is 0 Å². The van der Waals surface area contributed by atoms with Crippen LogP contribution in [0.1, 0.15) is 76.6 Å². The number of Topliss-reactive ketones (excluding diaryl/α,β-unsaturated/α-hetero) is 2. The van der Waals surface area contributed by atoms with E-state index in [1.54, 1.807) is 32.0 Å². The van der Waals surface area contributed by atoms with Crippen molar-refractivity contribution < 1.29 is 28.6 Å². The number of esters is 1. The molecule has 0 aliphatic rings. The minimum atomic E-state index is -1.03. The molecule has 0 unspecified atom stereocenters. The second-order valence-corrected chi connectivity index (χ2v) is 7.04. The molecule has 1 aromatic carbocycles. The predicted octanol–water partition coefficient (Wildman–Crippen LogP) is 4.45. The van der Waals surface area contributed by atoms with Crippen LogP contribution in [0.25, 0.3) is 0 Å². The van der Waals surface area contributed by atoms with Crippen LogP contribution in [0.2, 0.25) is 0 Å². The Balaban J connectivity index is 2.19. The van der Waals surface area contributed by atoms with Crippen LogP contribution >= 0.6 is 0 Å². The van der Waals surface area contributed by atoms with Crippen LogP contribution in [0.5, 0.6) is 11.5 Å². The highest BCUT2D eigenvalue weighted by Crippen LogP contribution is 2.29. The minimum Gasteiger partial charge on any atom is -0.490 e. The lowest BCUT2D eigenvalue weighted by atomic mass is 10.0. The lowest BCUT2D eigenvalue weighted by Crippen LogP contribution is -2.25. The van der Waals surface area contributed by atoms with Crippen molar-refractivity contribution in [1.82, 2.24) is 4.98 Å². The van der Waals surface area contributed by atoms with Gasteiger partial charge in [-0.2, -0.15) is 0 Å². The number of ether oxygens (including phenoxy) is 3. The summed E-state index contributed by atoms with van der Waals surface area (Å²) in [5, 5.41) is 0. The Bertz CT molecular complexity index is 943. The number of aryl methyl sites for hydroxylation is 1. The van der Waals surface area contributed by atoms with E-state index in [9.17, 15) is 14.4 Å². The average Bonchev–Trinajstić information content (AvgIpc) is 3.00. The van der Waals surface area contributed by atoms with Gasteiger partial charge in [-0.25, -0.2) is 4.79 Å². The third-order valence-corrected chi connectivity index (χ3v) is 4.63. The SMILES string of the molecule is CCCOc1ccc(C(=O)O[C@H](C)C(=O)c2[nH]c(C)c(C(C)=O)c2C)cc1OCC. The van der Waals surface area contributed by atoms with Gasteiger partial charge in [0.15, 0.2) is 23.4 Å². The zero-order chi connectivity index (χ0) is 22.4. The Hall–Kier alpha value is -3.09. The molecule has 162 valence electrons. The van der Waals surface area contributed by atoms with Gasteiger partial charge in [0.2, 0.25) is 5.78 Å². The monoisotopic (exact) mass is 415 g/mol. The molecule has 30 heavy (non-hydrogen) atoms. The number of aromatic nitrogens is 1. The first kappa shape index (κ1) is 23.2. The maximum Gasteiger partial charge on any atom is 0.338 e. The van der Waals surface area contributed by atoms with Crippen LogP contribution in [0.15, 0.2) is 18.2 Å². The molecule has 0 amide bonds. The molecule has 0 spiro atoms. The number of carbonyl (C=O) groups is 3. The average molecular weight is 415 g/mol. The van der Waals surface area contributed by atoms with Gasteiger partial charge in [-0.15, -0.1) is 0 Å². The van der Waals surface area contributed by atoms with E-state index in [0.29, 0.717) is 41.5 Å². The molecule has 1 aromatic heterocycles. The first-order valence-electron chi connectivity index (χ1n) is 10.1. The molecule has 7 heteroatoms. The molecule has 0 saturated carbocycles. The number of carbonyl (C=O) groups excluding carboxylic acids is 3. The van der Waals surface area contributed by atoms with Crippen molar-refractivity contribution in [3.05, 3.63) is 46.3 Å². The summed E-state index contributed by atoms with van der Waals surface area (Å²) in [4.78, 5) is 40.1. The van der Waals surface area contributed by atoms with Gasteiger partial charge in [-0.05, 0) is 64.8 Å². The van der Waals surface area contributed by atoms with E-state index < -0.39 is 17.9 Å². The van der Waals surface area contributed by atoms with Crippen LogP contribution in [0, 0.1) is 13.8 Å². The fourth-order valence-electron chi connectivity index (χ4n) is 3.24. The van der Waals surface area contributed by atoms with Crippen LogP contribution in [-0.2, 0) is 4.74 Å². The van der Waals surface area contributed by atoms with Gasteiger partial charge < -0.3 is 19.2 Å². The van der Waals surface area contributed by atoms with Crippen LogP contribution in [-0.4, -0.2) is 41.8 Å². The number of benzene rings is 1. The van der Waals surface area contributed by atoms with Crippen molar-refractivity contribution in [3.63, 3.8) is 0 Å². The molecule has 1 heterocycles. The highest BCUT2D eigenvalue weighted by Gasteiger charge is 2.26. The molecule has 0 radical (unpaired) electrons. The molecule has 1 atom stereocenters. The molecule has 2 rings (SSSR count). The van der Waals surface area contributed by atoms with Crippen molar-refractivity contribution in [2.24, 2.45) is 0 Å². The Labute approximate surface area is 176 Å². The van der Waals surface area contributed by atoms with Crippen molar-refractivity contribution in [3.8, 4) is 11.5 Å². The van der Waals surface area contributed by atoms with Crippen molar-refractivity contribution >= 4 is 17.5 Å². The number of hydrogen-bond acceptors (Lipinski definition) is 6. The standard InChI is InChI=1S/C23H29NO6/c1-7-11-29-18-10-9-17(12-19(18)28-8-2)23(27)30-16(6)22(26)21-13(3)20(15(5)25)14(4)24-21/h9-10,12,16,24H,7-8,11H2,1-6H3/t16-/m1/s1. The summed E-state index contributed by atoms with van der Waals surface area (Å²) in [5.41, 5.74) is 2.19. The van der Waals surface area contributed by atoms with Gasteiger partial charge in [-0.3, -0.25) is 9.59 Å². The van der Waals surface area contributed by atoms with Crippen molar-refractivity contribution in [1.29, 1.82) is 0 Å². The smallest absolute Gasteiger partial charge is 0.338 e. The van der Waals surface area contributed by atoms with E-state index in [2.05, 4.69) is 4.98 Å². The highest BCUT2D eigenvalue weighted by atomic mass is 16.5. The normalized spacial score (nSPS) is 11.7. The summed E-state index contributed by atoms with van der Waals surface area (Å²) in [5.74, 6) is -0.176. The summed E-state index contributed by atoms with van der Waals surface area (Å²) >= 11 is 0. The van der Waals surface area contributed by atoms with Crippen LogP contribution < -0.4 is 9.47 Å². The van der Waals surface area contributed by atoms with Gasteiger partial charge in [0.05, 0.1) is 24.5 Å². The molecule has 0 saturated heterocycles. The molecule has 0 fully saturated rings. The summed E-state index contributed by atoms with van der Waals surface area (Å²) in [6, 6.07) is 4.78. The highest BCUT2D eigenvalue weighted by molar-refractivity contribution is 6.05. The first-order valence-corrected chi connectivity index (χ1v) is 10.1. The molecule has 7 nitrogen and oxygen atoms in total. The number of rotatable bonds is 10.